The lowest BCUT2D eigenvalue weighted by Crippen LogP contribution is -2.13. The highest BCUT2D eigenvalue weighted by Crippen LogP contribution is 2.22. The normalized spacial score (nSPS) is 11.1. The first-order valence-electron chi connectivity index (χ1n) is 8.62. The minimum atomic E-state index is -3.32. The molecule has 0 saturated carbocycles. The van der Waals surface area contributed by atoms with Gasteiger partial charge in [-0.3, -0.25) is 0 Å². The van der Waals surface area contributed by atoms with E-state index in [0.717, 1.165) is 11.1 Å². The molecule has 0 spiro atoms. The molecule has 0 amide bonds. The molecule has 0 aliphatic rings. The third-order valence-corrected chi connectivity index (χ3v) is 6.28. The lowest BCUT2D eigenvalue weighted by Gasteiger charge is -2.08. The van der Waals surface area contributed by atoms with Gasteiger partial charge in [-0.25, -0.2) is 18.4 Å². The summed E-state index contributed by atoms with van der Waals surface area (Å²) in [6.07, 6.45) is 1.53. The lowest BCUT2D eigenvalue weighted by molar-refractivity contribution is 0.587. The van der Waals surface area contributed by atoms with E-state index in [1.165, 1.54) is 6.20 Å². The summed E-state index contributed by atoms with van der Waals surface area (Å²) < 4.78 is 24.5. The lowest BCUT2D eigenvalue weighted by atomic mass is 10.1. The second kappa shape index (κ2) is 7.71. The quantitative estimate of drug-likeness (QED) is 0.524. The van der Waals surface area contributed by atoms with Crippen LogP contribution in [0.3, 0.4) is 0 Å². The van der Waals surface area contributed by atoms with E-state index in [1.54, 1.807) is 50.2 Å². The fourth-order valence-corrected chi connectivity index (χ4v) is 3.52. The zero-order chi connectivity index (χ0) is 20.3. The van der Waals surface area contributed by atoms with Crippen LogP contribution in [0.25, 0.3) is 11.3 Å². The minimum absolute atomic E-state index is 0.221. The van der Waals surface area contributed by atoms with Crippen LogP contribution in [0.4, 0.5) is 11.5 Å². The van der Waals surface area contributed by atoms with Gasteiger partial charge in [0.25, 0.3) is 0 Å². The van der Waals surface area contributed by atoms with Crippen molar-refractivity contribution in [1.82, 2.24) is 9.97 Å². The van der Waals surface area contributed by atoms with Gasteiger partial charge in [0, 0.05) is 16.8 Å². The van der Waals surface area contributed by atoms with Crippen LogP contribution in [0, 0.1) is 11.8 Å². The largest absolute Gasteiger partial charge is 0.399 e. The minimum Gasteiger partial charge on any atom is -0.399 e. The fourth-order valence-electron chi connectivity index (χ4n) is 2.46. The molecule has 1 aromatic heterocycles. The molecule has 0 aliphatic carbocycles. The summed E-state index contributed by atoms with van der Waals surface area (Å²) in [5, 5.41) is -0.483. The maximum Gasteiger partial charge on any atom is 0.180 e. The Bertz CT molecular complexity index is 1180. The van der Waals surface area contributed by atoms with E-state index in [2.05, 4.69) is 21.8 Å². The van der Waals surface area contributed by atoms with Crippen LogP contribution in [-0.4, -0.2) is 23.6 Å². The van der Waals surface area contributed by atoms with Crippen LogP contribution in [-0.2, 0) is 9.84 Å². The van der Waals surface area contributed by atoms with Gasteiger partial charge in [-0.2, -0.15) is 0 Å². The average Bonchev–Trinajstić information content (AvgIpc) is 2.67. The second-order valence-corrected chi connectivity index (χ2v) is 8.99. The SMILES string of the molecule is CC(C)S(=O)(=O)c1ccc(-c2cnc(N)c(C#Cc3cccc(N)c3)n2)cc1. The second-order valence-electron chi connectivity index (χ2n) is 6.48. The molecule has 7 heteroatoms. The topological polar surface area (TPSA) is 112 Å². The first kappa shape index (κ1) is 19.4. The van der Waals surface area contributed by atoms with Crippen LogP contribution in [0.5, 0.6) is 0 Å². The van der Waals surface area contributed by atoms with Gasteiger partial charge in [0.2, 0.25) is 0 Å². The number of rotatable bonds is 3. The maximum atomic E-state index is 12.3. The molecule has 4 N–H and O–H groups in total. The number of hydrogen-bond acceptors (Lipinski definition) is 6. The standard InChI is InChI=1S/C21H20N4O2S/c1-14(2)28(26,27)18-9-7-16(8-10-18)20-13-24-21(23)19(25-20)11-6-15-4-3-5-17(22)12-15/h3-5,7-10,12-14H,22H2,1-2H3,(H2,23,24). The van der Waals surface area contributed by atoms with E-state index in [9.17, 15) is 8.42 Å². The number of aromatic nitrogens is 2. The first-order chi connectivity index (χ1) is 13.3. The number of nitrogen functional groups attached to an aromatic ring is 2. The van der Waals surface area contributed by atoms with Crippen molar-refractivity contribution < 1.29 is 8.42 Å². The average molecular weight is 392 g/mol. The fraction of sp³-hybridized carbons (Fsp3) is 0.143. The summed E-state index contributed by atoms with van der Waals surface area (Å²) in [6, 6.07) is 13.7. The Labute approximate surface area is 164 Å². The number of sulfone groups is 1. The van der Waals surface area contributed by atoms with E-state index in [4.69, 9.17) is 11.5 Å². The molecule has 28 heavy (non-hydrogen) atoms. The summed E-state index contributed by atoms with van der Waals surface area (Å²) in [5.74, 6) is 6.11. The molecule has 0 atom stereocenters. The molecule has 0 bridgehead atoms. The summed E-state index contributed by atoms with van der Waals surface area (Å²) in [6.45, 7) is 3.31. The highest BCUT2D eigenvalue weighted by atomic mass is 32.2. The third-order valence-electron chi connectivity index (χ3n) is 4.11. The molecule has 6 nitrogen and oxygen atoms in total. The number of benzene rings is 2. The van der Waals surface area contributed by atoms with Crippen molar-refractivity contribution in [2.75, 3.05) is 11.5 Å². The van der Waals surface area contributed by atoms with Gasteiger partial charge in [-0.15, -0.1) is 0 Å². The van der Waals surface area contributed by atoms with E-state index in [1.807, 2.05) is 12.1 Å². The van der Waals surface area contributed by atoms with Gasteiger partial charge in [0.1, 0.15) is 0 Å². The molecule has 0 saturated heterocycles. The van der Waals surface area contributed by atoms with Crippen LogP contribution in [0.1, 0.15) is 25.1 Å². The molecule has 2 aromatic carbocycles. The Morgan fingerprint density at radius 2 is 1.71 bits per heavy atom. The molecule has 3 aromatic rings. The van der Waals surface area contributed by atoms with Crippen molar-refractivity contribution in [1.29, 1.82) is 0 Å². The van der Waals surface area contributed by atoms with Gasteiger partial charge < -0.3 is 11.5 Å². The summed E-state index contributed by atoms with van der Waals surface area (Å²) in [7, 11) is -3.32. The van der Waals surface area contributed by atoms with Crippen LogP contribution >= 0.6 is 0 Å². The molecule has 0 radical (unpaired) electrons. The highest BCUT2D eigenvalue weighted by Gasteiger charge is 2.19. The molecular weight excluding hydrogens is 372 g/mol. The number of nitrogens with zero attached hydrogens (tertiary/aromatic N) is 2. The summed E-state index contributed by atoms with van der Waals surface area (Å²) in [5.41, 5.74) is 14.6. The monoisotopic (exact) mass is 392 g/mol. The van der Waals surface area contributed by atoms with Crippen molar-refractivity contribution in [3.8, 4) is 23.1 Å². The predicted molar refractivity (Wildman–Crippen MR) is 111 cm³/mol. The summed E-state index contributed by atoms with van der Waals surface area (Å²) >= 11 is 0. The maximum absolute atomic E-state index is 12.3. The highest BCUT2D eigenvalue weighted by molar-refractivity contribution is 7.92. The van der Waals surface area contributed by atoms with Gasteiger partial charge in [0.05, 0.1) is 22.0 Å². The molecule has 0 aliphatic heterocycles. The van der Waals surface area contributed by atoms with E-state index < -0.39 is 15.1 Å². The van der Waals surface area contributed by atoms with Crippen LogP contribution in [0.15, 0.2) is 59.6 Å². The van der Waals surface area contributed by atoms with E-state index >= 15 is 0 Å². The summed E-state index contributed by atoms with van der Waals surface area (Å²) in [4.78, 5) is 8.89. The van der Waals surface area contributed by atoms with Gasteiger partial charge in [-0.05, 0) is 50.1 Å². The Morgan fingerprint density at radius 1 is 1.00 bits per heavy atom. The molecular formula is C21H20N4O2S. The van der Waals surface area contributed by atoms with Crippen molar-refractivity contribution >= 4 is 21.3 Å². The Kier molecular flexibility index (Phi) is 5.34. The van der Waals surface area contributed by atoms with Gasteiger partial charge >= 0.3 is 0 Å². The Balaban J connectivity index is 1.94. The number of hydrogen-bond donors (Lipinski definition) is 2. The van der Waals surface area contributed by atoms with Crippen LogP contribution < -0.4 is 11.5 Å². The molecule has 142 valence electrons. The van der Waals surface area contributed by atoms with Crippen molar-refractivity contribution in [2.24, 2.45) is 0 Å². The van der Waals surface area contributed by atoms with Crippen LogP contribution in [0.2, 0.25) is 0 Å². The van der Waals surface area contributed by atoms with Gasteiger partial charge in [-0.1, -0.05) is 24.1 Å². The first-order valence-corrected chi connectivity index (χ1v) is 10.2. The zero-order valence-corrected chi connectivity index (χ0v) is 16.4. The van der Waals surface area contributed by atoms with Crippen molar-refractivity contribution in [2.45, 2.75) is 24.0 Å². The molecule has 1 heterocycles. The van der Waals surface area contributed by atoms with E-state index in [-0.39, 0.29) is 10.7 Å². The molecule has 0 fully saturated rings. The molecule has 0 unspecified atom stereocenters. The smallest absolute Gasteiger partial charge is 0.180 e. The van der Waals surface area contributed by atoms with Crippen molar-refractivity contribution in [3.63, 3.8) is 0 Å². The Morgan fingerprint density at radius 3 is 2.36 bits per heavy atom. The zero-order valence-electron chi connectivity index (χ0n) is 15.5. The van der Waals surface area contributed by atoms with Crippen molar-refractivity contribution in [3.05, 3.63) is 66.0 Å². The third kappa shape index (κ3) is 4.13. The Hall–Kier alpha value is -3.37. The van der Waals surface area contributed by atoms with Gasteiger partial charge in [0.15, 0.2) is 21.3 Å². The number of nitrogens with two attached hydrogens (primary N) is 2. The van der Waals surface area contributed by atoms with E-state index in [0.29, 0.717) is 17.1 Å². The predicted octanol–water partition coefficient (Wildman–Crippen LogP) is 2.89. The number of anilines is 2. The molecule has 3 rings (SSSR count).